The predicted molar refractivity (Wildman–Crippen MR) is 109 cm³/mol. The lowest BCUT2D eigenvalue weighted by molar-refractivity contribution is -0.137. The number of nitrogens with one attached hydrogen (secondary N) is 1. The SMILES string of the molecule is COC(=O)CSc1nnc(NC(=O)C2CN(S(C)(=O)=O)c3cc(Cl)ccc3O2)s1. The van der Waals surface area contributed by atoms with Crippen LogP contribution in [0.1, 0.15) is 0 Å². The quantitative estimate of drug-likeness (QED) is 0.374. The highest BCUT2D eigenvalue weighted by atomic mass is 35.5. The highest BCUT2D eigenvalue weighted by molar-refractivity contribution is 8.01. The van der Waals surface area contributed by atoms with E-state index in [1.807, 2.05) is 0 Å². The molecule has 1 aliphatic heterocycles. The zero-order valence-corrected chi connectivity index (χ0v) is 18.3. The van der Waals surface area contributed by atoms with Crippen molar-refractivity contribution in [2.45, 2.75) is 10.4 Å². The highest BCUT2D eigenvalue weighted by Crippen LogP contribution is 2.37. The molecule has 1 unspecified atom stereocenters. The van der Waals surface area contributed by atoms with E-state index in [1.165, 1.54) is 25.3 Å². The second kappa shape index (κ2) is 8.73. The normalized spacial score (nSPS) is 16.0. The molecule has 0 radical (unpaired) electrons. The summed E-state index contributed by atoms with van der Waals surface area (Å²) in [6.45, 7) is -0.221. The maximum absolute atomic E-state index is 12.6. The molecule has 1 N–H and O–H groups in total. The Kier molecular flexibility index (Phi) is 6.51. The number of carbonyl (C=O) groups excluding carboxylic acids is 2. The molecule has 29 heavy (non-hydrogen) atoms. The van der Waals surface area contributed by atoms with Crippen molar-refractivity contribution in [3.05, 3.63) is 23.2 Å². The van der Waals surface area contributed by atoms with Gasteiger partial charge in [0, 0.05) is 5.02 Å². The van der Waals surface area contributed by atoms with Crippen LogP contribution in [0.3, 0.4) is 0 Å². The Bertz CT molecular complexity index is 1040. The number of nitrogens with zero attached hydrogens (tertiary/aromatic N) is 3. The van der Waals surface area contributed by atoms with Crippen molar-refractivity contribution < 1.29 is 27.5 Å². The van der Waals surface area contributed by atoms with E-state index >= 15 is 0 Å². The fourth-order valence-electron chi connectivity index (χ4n) is 2.36. The molecule has 0 saturated heterocycles. The first-order valence-electron chi connectivity index (χ1n) is 7.95. The molecule has 1 aromatic carbocycles. The average Bonchev–Trinajstić information content (AvgIpc) is 3.11. The molecule has 156 valence electrons. The number of rotatable bonds is 6. The van der Waals surface area contributed by atoms with Gasteiger partial charge in [-0.3, -0.25) is 19.2 Å². The van der Waals surface area contributed by atoms with Crippen LogP contribution in [0, 0.1) is 0 Å². The Morgan fingerprint density at radius 1 is 1.45 bits per heavy atom. The Hall–Kier alpha value is -2.09. The van der Waals surface area contributed by atoms with E-state index in [1.54, 1.807) is 0 Å². The molecule has 10 nitrogen and oxygen atoms in total. The number of carbonyl (C=O) groups is 2. The summed E-state index contributed by atoms with van der Waals surface area (Å²) >= 11 is 8.14. The lowest BCUT2D eigenvalue weighted by Crippen LogP contribution is -2.48. The van der Waals surface area contributed by atoms with Gasteiger partial charge in [-0.15, -0.1) is 10.2 Å². The van der Waals surface area contributed by atoms with Crippen LogP contribution in [0.15, 0.2) is 22.5 Å². The summed E-state index contributed by atoms with van der Waals surface area (Å²) in [6, 6.07) is 4.50. The Morgan fingerprint density at radius 3 is 2.90 bits per heavy atom. The lowest BCUT2D eigenvalue weighted by atomic mass is 10.2. The number of fused-ring (bicyclic) bond motifs is 1. The molecule has 2 heterocycles. The number of anilines is 2. The van der Waals surface area contributed by atoms with Crippen LogP contribution in [-0.4, -0.2) is 62.3 Å². The third-order valence-corrected chi connectivity index (χ3v) is 6.99. The zero-order valence-electron chi connectivity index (χ0n) is 15.1. The second-order valence-electron chi connectivity index (χ2n) is 5.74. The van der Waals surface area contributed by atoms with Gasteiger partial charge in [-0.05, 0) is 18.2 Å². The third-order valence-electron chi connectivity index (χ3n) is 3.66. The minimum absolute atomic E-state index is 0.0630. The summed E-state index contributed by atoms with van der Waals surface area (Å²) in [5.74, 6) is -0.711. The number of hydrogen-bond donors (Lipinski definition) is 1. The van der Waals surface area contributed by atoms with E-state index in [-0.39, 0.29) is 28.9 Å². The molecule has 0 bridgehead atoms. The zero-order chi connectivity index (χ0) is 21.2. The largest absolute Gasteiger partial charge is 0.476 e. The van der Waals surface area contributed by atoms with E-state index in [2.05, 4.69) is 20.3 Å². The molecule has 0 spiro atoms. The van der Waals surface area contributed by atoms with Crippen LogP contribution in [-0.2, 0) is 24.3 Å². The van der Waals surface area contributed by atoms with Crippen molar-refractivity contribution in [1.29, 1.82) is 0 Å². The Morgan fingerprint density at radius 2 is 2.21 bits per heavy atom. The van der Waals surface area contributed by atoms with Gasteiger partial charge in [0.15, 0.2) is 10.4 Å². The number of sulfonamides is 1. The number of hydrogen-bond acceptors (Lipinski definition) is 10. The molecule has 1 aromatic heterocycles. The number of amides is 1. The molecular formula is C15H15ClN4O6S3. The Labute approximate surface area is 179 Å². The van der Waals surface area contributed by atoms with Crippen LogP contribution >= 0.6 is 34.7 Å². The van der Waals surface area contributed by atoms with Crippen molar-refractivity contribution >= 4 is 67.4 Å². The average molecular weight is 479 g/mol. The number of ether oxygens (including phenoxy) is 2. The van der Waals surface area contributed by atoms with Gasteiger partial charge in [-0.25, -0.2) is 8.42 Å². The van der Waals surface area contributed by atoms with Gasteiger partial charge in [0.05, 0.1) is 31.4 Å². The molecule has 0 saturated carbocycles. The predicted octanol–water partition coefficient (Wildman–Crippen LogP) is 1.62. The molecular weight excluding hydrogens is 464 g/mol. The number of thioether (sulfide) groups is 1. The lowest BCUT2D eigenvalue weighted by Gasteiger charge is -2.33. The van der Waals surface area contributed by atoms with Crippen LogP contribution in [0.25, 0.3) is 0 Å². The smallest absolute Gasteiger partial charge is 0.316 e. The van der Waals surface area contributed by atoms with E-state index < -0.39 is 28.0 Å². The van der Waals surface area contributed by atoms with Crippen LogP contribution < -0.4 is 14.4 Å². The number of esters is 1. The van der Waals surface area contributed by atoms with Gasteiger partial charge in [0.25, 0.3) is 5.91 Å². The molecule has 1 amide bonds. The first-order valence-corrected chi connectivity index (χ1v) is 12.0. The minimum Gasteiger partial charge on any atom is -0.476 e. The number of methoxy groups -OCH3 is 1. The van der Waals surface area contributed by atoms with Gasteiger partial charge in [0.1, 0.15) is 5.75 Å². The molecule has 2 aromatic rings. The van der Waals surface area contributed by atoms with Crippen molar-refractivity contribution in [2.75, 3.05) is 35.3 Å². The summed E-state index contributed by atoms with van der Waals surface area (Å²) in [4.78, 5) is 23.8. The molecule has 1 atom stereocenters. The standard InChI is InChI=1S/C15H15ClN4O6S3/c1-25-12(21)7-27-15-19-18-14(28-15)17-13(22)11-6-20(29(2,23)24)9-5-8(16)3-4-10(9)26-11/h3-5,11H,6-7H2,1-2H3,(H,17,18,22). The first kappa shape index (κ1) is 21.6. The fraction of sp³-hybridized carbons (Fsp3) is 0.333. The van der Waals surface area contributed by atoms with Gasteiger partial charge in [0.2, 0.25) is 15.2 Å². The summed E-state index contributed by atoms with van der Waals surface area (Å²) in [5, 5.41) is 10.8. The van der Waals surface area contributed by atoms with Crippen molar-refractivity contribution in [2.24, 2.45) is 0 Å². The van der Waals surface area contributed by atoms with E-state index in [9.17, 15) is 18.0 Å². The maximum atomic E-state index is 12.6. The van der Waals surface area contributed by atoms with Crippen LogP contribution in [0.4, 0.5) is 10.8 Å². The fourth-order valence-corrected chi connectivity index (χ4v) is 5.02. The van der Waals surface area contributed by atoms with E-state index in [0.717, 1.165) is 33.7 Å². The third kappa shape index (κ3) is 5.29. The Balaban J connectivity index is 1.72. The minimum atomic E-state index is -3.67. The van der Waals surface area contributed by atoms with E-state index in [0.29, 0.717) is 9.36 Å². The highest BCUT2D eigenvalue weighted by Gasteiger charge is 2.35. The van der Waals surface area contributed by atoms with Gasteiger partial charge in [-0.1, -0.05) is 34.7 Å². The molecule has 0 aliphatic carbocycles. The summed E-state index contributed by atoms with van der Waals surface area (Å²) < 4.78 is 36.1. The van der Waals surface area contributed by atoms with Gasteiger partial charge in [-0.2, -0.15) is 0 Å². The molecule has 1 aliphatic rings. The van der Waals surface area contributed by atoms with Crippen molar-refractivity contribution in [1.82, 2.24) is 10.2 Å². The second-order valence-corrected chi connectivity index (χ2v) is 10.3. The number of benzene rings is 1. The van der Waals surface area contributed by atoms with Crippen molar-refractivity contribution in [3.8, 4) is 5.75 Å². The molecule has 3 rings (SSSR count). The van der Waals surface area contributed by atoms with Crippen molar-refractivity contribution in [3.63, 3.8) is 0 Å². The monoisotopic (exact) mass is 478 g/mol. The first-order chi connectivity index (χ1) is 13.7. The van der Waals surface area contributed by atoms with E-state index in [4.69, 9.17) is 16.3 Å². The summed E-state index contributed by atoms with van der Waals surface area (Å²) in [6.07, 6.45) is -0.0680. The molecule has 14 heteroatoms. The summed E-state index contributed by atoms with van der Waals surface area (Å²) in [5.41, 5.74) is 0.265. The summed E-state index contributed by atoms with van der Waals surface area (Å²) in [7, 11) is -2.38. The number of halogens is 1. The van der Waals surface area contributed by atoms with Gasteiger partial charge < -0.3 is 9.47 Å². The maximum Gasteiger partial charge on any atom is 0.316 e. The van der Waals surface area contributed by atoms with Gasteiger partial charge >= 0.3 is 5.97 Å². The van der Waals surface area contributed by atoms with Crippen LogP contribution in [0.5, 0.6) is 5.75 Å². The molecule has 0 fully saturated rings. The topological polar surface area (TPSA) is 128 Å². The number of aromatic nitrogens is 2. The van der Waals surface area contributed by atoms with Crippen LogP contribution in [0.2, 0.25) is 5.02 Å².